The summed E-state index contributed by atoms with van der Waals surface area (Å²) < 4.78 is 1.66. The van der Waals surface area contributed by atoms with Crippen molar-refractivity contribution in [3.05, 3.63) is 83.7 Å². The molecule has 0 saturated heterocycles. The van der Waals surface area contributed by atoms with E-state index in [2.05, 4.69) is 27.7 Å². The fourth-order valence-electron chi connectivity index (χ4n) is 3.28. The van der Waals surface area contributed by atoms with E-state index < -0.39 is 0 Å². The maximum Gasteiger partial charge on any atom is 0.270 e. The Morgan fingerprint density at radius 3 is 2.61 bits per heavy atom. The molecule has 3 aromatic rings. The first-order chi connectivity index (χ1) is 13.7. The smallest absolute Gasteiger partial charge is 0.270 e. The van der Waals surface area contributed by atoms with E-state index in [9.17, 15) is 4.79 Å². The minimum Gasteiger partial charge on any atom is -0.392 e. The maximum absolute atomic E-state index is 12.7. The van der Waals surface area contributed by atoms with Gasteiger partial charge in [0.2, 0.25) is 0 Å². The second-order valence-corrected chi connectivity index (χ2v) is 6.88. The van der Waals surface area contributed by atoms with Crippen LogP contribution in [0, 0.1) is 6.92 Å². The summed E-state index contributed by atoms with van der Waals surface area (Å²) in [6, 6.07) is 21.6. The average molecular weight is 374 g/mol. The standard InChI is InChI=1S/C22H22N4O2/c1-16-12-21(26(24-16)19-10-6-3-7-11-19)22(27)23-15-18-14-20(28-25-18)13-17-8-4-2-5-9-17/h2-12,20H,13-15H2,1H3,(H,23,27). The summed E-state index contributed by atoms with van der Waals surface area (Å²) in [5, 5.41) is 11.5. The molecule has 6 heteroatoms. The number of para-hydroxylation sites is 1. The zero-order valence-corrected chi connectivity index (χ0v) is 15.7. The predicted molar refractivity (Wildman–Crippen MR) is 108 cm³/mol. The van der Waals surface area contributed by atoms with Gasteiger partial charge < -0.3 is 10.2 Å². The lowest BCUT2D eigenvalue weighted by molar-refractivity contribution is 0.0859. The van der Waals surface area contributed by atoms with Gasteiger partial charge in [0.25, 0.3) is 5.91 Å². The molecule has 2 heterocycles. The van der Waals surface area contributed by atoms with Crippen LogP contribution in [0.3, 0.4) is 0 Å². The number of carbonyl (C=O) groups is 1. The van der Waals surface area contributed by atoms with Gasteiger partial charge in [0.1, 0.15) is 11.8 Å². The molecule has 1 atom stereocenters. The summed E-state index contributed by atoms with van der Waals surface area (Å²) in [5.41, 5.74) is 4.21. The number of benzene rings is 2. The molecule has 4 rings (SSSR count). The third-order valence-electron chi connectivity index (χ3n) is 4.62. The topological polar surface area (TPSA) is 68.5 Å². The van der Waals surface area contributed by atoms with Gasteiger partial charge >= 0.3 is 0 Å². The highest BCUT2D eigenvalue weighted by Gasteiger charge is 2.22. The predicted octanol–water partition coefficient (Wildman–Crippen LogP) is 3.30. The van der Waals surface area contributed by atoms with Crippen LogP contribution in [-0.4, -0.2) is 34.0 Å². The van der Waals surface area contributed by atoms with Crippen LogP contribution in [0.5, 0.6) is 0 Å². The third kappa shape index (κ3) is 4.11. The summed E-state index contributed by atoms with van der Waals surface area (Å²) in [5.74, 6) is -0.182. The number of aromatic nitrogens is 2. The molecule has 0 spiro atoms. The van der Waals surface area contributed by atoms with Crippen molar-refractivity contribution in [2.24, 2.45) is 5.16 Å². The van der Waals surface area contributed by atoms with Gasteiger partial charge in [-0.2, -0.15) is 5.10 Å². The summed E-state index contributed by atoms with van der Waals surface area (Å²) in [7, 11) is 0. The molecule has 1 aliphatic heterocycles. The molecule has 1 amide bonds. The van der Waals surface area contributed by atoms with Gasteiger partial charge in [0, 0.05) is 12.8 Å². The highest BCUT2D eigenvalue weighted by atomic mass is 16.6. The summed E-state index contributed by atoms with van der Waals surface area (Å²) >= 11 is 0. The molecular weight excluding hydrogens is 352 g/mol. The zero-order chi connectivity index (χ0) is 19.3. The molecule has 2 aromatic carbocycles. The van der Waals surface area contributed by atoms with E-state index in [1.807, 2.05) is 55.5 Å². The van der Waals surface area contributed by atoms with Crippen LogP contribution >= 0.6 is 0 Å². The molecule has 0 saturated carbocycles. The highest BCUT2D eigenvalue weighted by Crippen LogP contribution is 2.16. The van der Waals surface area contributed by atoms with Crippen molar-refractivity contribution < 1.29 is 9.63 Å². The Balaban J connectivity index is 1.36. The van der Waals surface area contributed by atoms with Gasteiger partial charge in [0.05, 0.1) is 23.6 Å². The Morgan fingerprint density at radius 2 is 1.86 bits per heavy atom. The van der Waals surface area contributed by atoms with Gasteiger partial charge in [-0.15, -0.1) is 0 Å². The van der Waals surface area contributed by atoms with Crippen LogP contribution < -0.4 is 5.32 Å². The van der Waals surface area contributed by atoms with Gasteiger partial charge in [-0.1, -0.05) is 53.7 Å². The molecule has 6 nitrogen and oxygen atoms in total. The van der Waals surface area contributed by atoms with Crippen molar-refractivity contribution >= 4 is 11.6 Å². The van der Waals surface area contributed by atoms with E-state index in [1.54, 1.807) is 10.7 Å². The molecule has 1 N–H and O–H groups in total. The Kier molecular flexibility index (Phi) is 5.19. The first-order valence-electron chi connectivity index (χ1n) is 9.35. The van der Waals surface area contributed by atoms with E-state index in [1.165, 1.54) is 5.56 Å². The maximum atomic E-state index is 12.7. The Labute approximate surface area is 163 Å². The van der Waals surface area contributed by atoms with Crippen LogP contribution in [0.1, 0.15) is 28.2 Å². The number of nitrogens with zero attached hydrogens (tertiary/aromatic N) is 3. The molecule has 0 radical (unpaired) electrons. The normalized spacial score (nSPS) is 15.8. The fourth-order valence-corrected chi connectivity index (χ4v) is 3.28. The Morgan fingerprint density at radius 1 is 1.14 bits per heavy atom. The summed E-state index contributed by atoms with van der Waals surface area (Å²) in [6.07, 6.45) is 1.54. The van der Waals surface area contributed by atoms with Crippen molar-refractivity contribution in [3.8, 4) is 5.69 Å². The van der Waals surface area contributed by atoms with Gasteiger partial charge in [-0.3, -0.25) is 4.79 Å². The van der Waals surface area contributed by atoms with Crippen molar-refractivity contribution in [1.82, 2.24) is 15.1 Å². The molecule has 0 bridgehead atoms. The van der Waals surface area contributed by atoms with E-state index in [0.29, 0.717) is 18.7 Å². The Bertz CT molecular complexity index is 980. The lowest BCUT2D eigenvalue weighted by Gasteiger charge is -2.09. The molecule has 1 unspecified atom stereocenters. The van der Waals surface area contributed by atoms with E-state index in [4.69, 9.17) is 4.84 Å². The zero-order valence-electron chi connectivity index (χ0n) is 15.7. The van der Waals surface area contributed by atoms with Crippen LogP contribution in [0.2, 0.25) is 0 Å². The molecular formula is C22H22N4O2. The number of amides is 1. The SMILES string of the molecule is Cc1cc(C(=O)NCC2=NOC(Cc3ccccc3)C2)n(-c2ccccc2)n1. The van der Waals surface area contributed by atoms with Crippen molar-refractivity contribution in [3.63, 3.8) is 0 Å². The molecule has 142 valence electrons. The van der Waals surface area contributed by atoms with Gasteiger partial charge in [0.15, 0.2) is 0 Å². The lowest BCUT2D eigenvalue weighted by Crippen LogP contribution is -2.31. The highest BCUT2D eigenvalue weighted by molar-refractivity contribution is 5.97. The monoisotopic (exact) mass is 374 g/mol. The second kappa shape index (κ2) is 8.08. The number of hydrogen-bond acceptors (Lipinski definition) is 4. The molecule has 28 heavy (non-hydrogen) atoms. The first kappa shape index (κ1) is 18.0. The minimum absolute atomic E-state index is 0.0198. The number of rotatable bonds is 6. The number of hydrogen-bond donors (Lipinski definition) is 1. The molecule has 0 fully saturated rings. The van der Waals surface area contributed by atoms with Gasteiger partial charge in [-0.05, 0) is 30.7 Å². The van der Waals surface area contributed by atoms with E-state index in [0.717, 1.165) is 23.5 Å². The van der Waals surface area contributed by atoms with Crippen LogP contribution in [0.25, 0.3) is 5.69 Å². The van der Waals surface area contributed by atoms with Crippen molar-refractivity contribution in [2.75, 3.05) is 6.54 Å². The largest absolute Gasteiger partial charge is 0.392 e. The van der Waals surface area contributed by atoms with E-state index in [-0.39, 0.29) is 12.0 Å². The van der Waals surface area contributed by atoms with Crippen LogP contribution in [0.4, 0.5) is 0 Å². The second-order valence-electron chi connectivity index (χ2n) is 6.88. The van der Waals surface area contributed by atoms with E-state index >= 15 is 0 Å². The average Bonchev–Trinajstić information content (AvgIpc) is 3.34. The van der Waals surface area contributed by atoms with Crippen LogP contribution in [0.15, 0.2) is 71.9 Å². The van der Waals surface area contributed by atoms with Gasteiger partial charge in [-0.25, -0.2) is 4.68 Å². The first-order valence-corrected chi connectivity index (χ1v) is 9.35. The third-order valence-corrected chi connectivity index (χ3v) is 4.62. The lowest BCUT2D eigenvalue weighted by atomic mass is 10.0. The quantitative estimate of drug-likeness (QED) is 0.720. The minimum atomic E-state index is -0.182. The molecule has 0 aliphatic carbocycles. The van der Waals surface area contributed by atoms with Crippen molar-refractivity contribution in [1.29, 1.82) is 0 Å². The number of aryl methyl sites for hydroxylation is 1. The number of carbonyl (C=O) groups excluding carboxylic acids is 1. The molecule has 1 aromatic heterocycles. The van der Waals surface area contributed by atoms with Crippen LogP contribution in [-0.2, 0) is 11.3 Å². The molecule has 1 aliphatic rings. The Hall–Kier alpha value is -3.41. The van der Waals surface area contributed by atoms with Crippen molar-refractivity contribution in [2.45, 2.75) is 25.9 Å². The number of oxime groups is 1. The fraction of sp³-hybridized carbons (Fsp3) is 0.227. The number of nitrogens with one attached hydrogen (secondary N) is 1. The summed E-state index contributed by atoms with van der Waals surface area (Å²) in [4.78, 5) is 18.2. The summed E-state index contributed by atoms with van der Waals surface area (Å²) in [6.45, 7) is 2.24.